The molecule has 2 rings (SSSR count). The van der Waals surface area contributed by atoms with Crippen LogP contribution in [0.2, 0.25) is 0 Å². The van der Waals surface area contributed by atoms with Gasteiger partial charge in [-0.2, -0.15) is 0 Å². The average molecular weight is 222 g/mol. The zero-order valence-corrected chi connectivity index (χ0v) is 8.38. The van der Waals surface area contributed by atoms with Gasteiger partial charge in [0.05, 0.1) is 0 Å². The lowest BCUT2D eigenvalue weighted by atomic mass is 10.1. The lowest BCUT2D eigenvalue weighted by molar-refractivity contribution is -0.117. The average Bonchev–Trinajstić information content (AvgIpc) is 2.82. The topological polar surface area (TPSA) is 118 Å². The molecule has 84 valence electrons. The number of nitrogens with one attached hydrogen (secondary N) is 2. The van der Waals surface area contributed by atoms with E-state index >= 15 is 0 Å². The molecule has 1 aliphatic heterocycles. The molecule has 2 N–H and O–H groups in total. The molecule has 8 nitrogen and oxygen atoms in total. The molecule has 0 spiro atoms. The summed E-state index contributed by atoms with van der Waals surface area (Å²) in [5.74, 6) is 0.397. The van der Waals surface area contributed by atoms with E-state index in [1.54, 1.807) is 0 Å². The van der Waals surface area contributed by atoms with E-state index in [4.69, 9.17) is 5.53 Å². The summed E-state index contributed by atoms with van der Waals surface area (Å²) in [5, 5.41) is 8.43. The smallest absolute Gasteiger partial charge is 0.266 e. The van der Waals surface area contributed by atoms with Crippen molar-refractivity contribution in [1.82, 2.24) is 10.2 Å². The Hall–Kier alpha value is -2.21. The van der Waals surface area contributed by atoms with E-state index in [9.17, 15) is 9.59 Å². The number of aromatic nitrogens is 2. The number of amides is 1. The number of anilines is 1. The van der Waals surface area contributed by atoms with Gasteiger partial charge in [0, 0.05) is 30.5 Å². The van der Waals surface area contributed by atoms with Gasteiger partial charge in [-0.25, -0.2) is 0 Å². The number of carbonyl (C=O) groups excluding carboxylic acids is 1. The van der Waals surface area contributed by atoms with E-state index in [1.807, 2.05) is 0 Å². The van der Waals surface area contributed by atoms with Crippen molar-refractivity contribution in [3.05, 3.63) is 26.9 Å². The van der Waals surface area contributed by atoms with Crippen molar-refractivity contribution in [2.24, 2.45) is 11.0 Å². The molecule has 1 fully saturated rings. The van der Waals surface area contributed by atoms with E-state index in [0.717, 1.165) is 0 Å². The van der Waals surface area contributed by atoms with Crippen LogP contribution >= 0.6 is 0 Å². The molecule has 1 unspecified atom stereocenters. The fraction of sp³-hybridized carbons (Fsp3) is 0.500. The quantitative estimate of drug-likeness (QED) is 0.436. The van der Waals surface area contributed by atoms with E-state index < -0.39 is 0 Å². The van der Waals surface area contributed by atoms with Crippen LogP contribution in [0, 0.1) is 5.92 Å². The molecule has 0 radical (unpaired) electrons. The maximum atomic E-state index is 11.6. The zero-order valence-electron chi connectivity index (χ0n) is 8.38. The van der Waals surface area contributed by atoms with Gasteiger partial charge in [-0.3, -0.25) is 24.7 Å². The van der Waals surface area contributed by atoms with E-state index in [1.165, 1.54) is 11.0 Å². The van der Waals surface area contributed by atoms with Crippen LogP contribution < -0.4 is 10.5 Å². The van der Waals surface area contributed by atoms with Crippen molar-refractivity contribution in [2.75, 3.05) is 18.0 Å². The van der Waals surface area contributed by atoms with Gasteiger partial charge in [0.25, 0.3) is 5.56 Å². The number of aromatic amines is 2. The number of carbonyl (C=O) groups is 1. The molecule has 1 aromatic rings. The molecule has 1 aromatic heterocycles. The summed E-state index contributed by atoms with van der Waals surface area (Å²) >= 11 is 0. The molecule has 1 amide bonds. The Labute approximate surface area is 89.9 Å². The standard InChI is InChI=1S/C8H10N6O2/c9-13-10-3-5-1-8(16)14(4-5)6-2-7(15)12-11-6/h2,5H,1,3-4H2,(H2,11,12,15). The molecule has 1 saturated heterocycles. The Kier molecular flexibility index (Phi) is 2.65. The van der Waals surface area contributed by atoms with E-state index in [0.29, 0.717) is 25.3 Å². The highest BCUT2D eigenvalue weighted by molar-refractivity contribution is 5.94. The van der Waals surface area contributed by atoms with Gasteiger partial charge in [0.2, 0.25) is 5.91 Å². The fourth-order valence-corrected chi connectivity index (χ4v) is 1.76. The Bertz CT molecular complexity index is 497. The highest BCUT2D eigenvalue weighted by Crippen LogP contribution is 2.22. The van der Waals surface area contributed by atoms with Crippen molar-refractivity contribution < 1.29 is 4.79 Å². The van der Waals surface area contributed by atoms with Crippen LogP contribution in [0.15, 0.2) is 16.0 Å². The highest BCUT2D eigenvalue weighted by atomic mass is 16.2. The summed E-state index contributed by atoms with van der Waals surface area (Å²) in [6, 6.07) is 1.33. The summed E-state index contributed by atoms with van der Waals surface area (Å²) in [6.45, 7) is 0.763. The molecule has 0 saturated carbocycles. The molecular weight excluding hydrogens is 212 g/mol. The largest absolute Gasteiger partial charge is 0.297 e. The third-order valence-electron chi connectivity index (χ3n) is 2.48. The molecule has 8 heteroatoms. The second kappa shape index (κ2) is 4.11. The summed E-state index contributed by atoms with van der Waals surface area (Å²) in [5.41, 5.74) is 7.91. The minimum atomic E-state index is -0.277. The van der Waals surface area contributed by atoms with Crippen molar-refractivity contribution in [1.29, 1.82) is 0 Å². The molecule has 0 aliphatic carbocycles. The van der Waals surface area contributed by atoms with Crippen LogP contribution in [-0.2, 0) is 4.79 Å². The fourth-order valence-electron chi connectivity index (χ4n) is 1.76. The molecule has 0 bridgehead atoms. The Morgan fingerprint density at radius 1 is 1.56 bits per heavy atom. The van der Waals surface area contributed by atoms with Crippen LogP contribution in [-0.4, -0.2) is 29.2 Å². The van der Waals surface area contributed by atoms with Crippen LogP contribution in [0.3, 0.4) is 0 Å². The lowest BCUT2D eigenvalue weighted by Crippen LogP contribution is -2.25. The highest BCUT2D eigenvalue weighted by Gasteiger charge is 2.30. The van der Waals surface area contributed by atoms with Gasteiger partial charge in [0.15, 0.2) is 0 Å². The van der Waals surface area contributed by atoms with Gasteiger partial charge in [-0.1, -0.05) is 5.11 Å². The SMILES string of the molecule is [N-]=[N+]=NCC1CC(=O)N(c2cc(=O)[nH][nH]2)C1. The van der Waals surface area contributed by atoms with Gasteiger partial charge in [-0.15, -0.1) is 0 Å². The van der Waals surface area contributed by atoms with Crippen LogP contribution in [0.1, 0.15) is 6.42 Å². The normalized spacial score (nSPS) is 19.9. The second-order valence-electron chi connectivity index (χ2n) is 3.63. The Morgan fingerprint density at radius 3 is 3.00 bits per heavy atom. The molecule has 2 heterocycles. The summed E-state index contributed by atoms with van der Waals surface area (Å²) in [6.07, 6.45) is 0.340. The van der Waals surface area contributed by atoms with Crippen LogP contribution in [0.25, 0.3) is 10.4 Å². The molecule has 1 atom stereocenters. The number of H-pyrrole nitrogens is 2. The summed E-state index contributed by atoms with van der Waals surface area (Å²) in [4.78, 5) is 26.7. The van der Waals surface area contributed by atoms with E-state index in [-0.39, 0.29) is 17.4 Å². The third kappa shape index (κ3) is 1.91. The van der Waals surface area contributed by atoms with Crippen molar-refractivity contribution >= 4 is 11.7 Å². The monoisotopic (exact) mass is 222 g/mol. The number of hydrogen-bond acceptors (Lipinski definition) is 3. The zero-order chi connectivity index (χ0) is 11.5. The van der Waals surface area contributed by atoms with Crippen molar-refractivity contribution in [3.63, 3.8) is 0 Å². The third-order valence-corrected chi connectivity index (χ3v) is 2.48. The van der Waals surface area contributed by atoms with Gasteiger partial charge in [-0.05, 0) is 11.4 Å². The second-order valence-corrected chi connectivity index (χ2v) is 3.63. The number of azide groups is 1. The van der Waals surface area contributed by atoms with Crippen LogP contribution in [0.5, 0.6) is 0 Å². The van der Waals surface area contributed by atoms with Gasteiger partial charge in [0.1, 0.15) is 5.82 Å². The predicted octanol–water partition coefficient (Wildman–Crippen LogP) is 0.366. The van der Waals surface area contributed by atoms with Gasteiger partial charge < -0.3 is 0 Å². The first-order chi connectivity index (χ1) is 7.70. The molecule has 16 heavy (non-hydrogen) atoms. The molecular formula is C8H10N6O2. The maximum absolute atomic E-state index is 11.6. The Morgan fingerprint density at radius 2 is 2.38 bits per heavy atom. The first-order valence-corrected chi connectivity index (χ1v) is 4.79. The molecule has 0 aromatic carbocycles. The van der Waals surface area contributed by atoms with Crippen molar-refractivity contribution in [3.8, 4) is 0 Å². The van der Waals surface area contributed by atoms with E-state index in [2.05, 4.69) is 20.2 Å². The van der Waals surface area contributed by atoms with Gasteiger partial charge >= 0.3 is 0 Å². The number of hydrogen-bond donors (Lipinski definition) is 2. The first kappa shape index (κ1) is 10.3. The lowest BCUT2D eigenvalue weighted by Gasteiger charge is -2.12. The minimum absolute atomic E-state index is 0.0156. The summed E-state index contributed by atoms with van der Waals surface area (Å²) < 4.78 is 0. The Balaban J connectivity index is 2.10. The van der Waals surface area contributed by atoms with Crippen LogP contribution in [0.4, 0.5) is 5.82 Å². The minimum Gasteiger partial charge on any atom is -0.297 e. The first-order valence-electron chi connectivity index (χ1n) is 4.79. The maximum Gasteiger partial charge on any atom is 0.266 e. The van der Waals surface area contributed by atoms with Crippen molar-refractivity contribution in [2.45, 2.75) is 6.42 Å². The predicted molar refractivity (Wildman–Crippen MR) is 55.9 cm³/mol. The summed E-state index contributed by atoms with van der Waals surface area (Å²) in [7, 11) is 0. The number of rotatable bonds is 3. The molecule has 1 aliphatic rings. The number of nitrogens with zero attached hydrogens (tertiary/aromatic N) is 4.